The highest BCUT2D eigenvalue weighted by molar-refractivity contribution is 5.91. The number of hydrogen-bond donors (Lipinski definition) is 0. The largest absolute Gasteiger partial charge is 0.460 e. The molecule has 2 aliphatic rings. The van der Waals surface area contributed by atoms with Crippen LogP contribution in [0.2, 0.25) is 0 Å². The van der Waals surface area contributed by atoms with E-state index in [1.807, 2.05) is 26.8 Å². The maximum absolute atomic E-state index is 13.6. The minimum absolute atomic E-state index is 0.102. The van der Waals surface area contributed by atoms with E-state index in [-0.39, 0.29) is 11.8 Å². The van der Waals surface area contributed by atoms with Crippen LogP contribution < -0.4 is 4.90 Å². The number of anilines is 1. The minimum Gasteiger partial charge on any atom is -0.460 e. The van der Waals surface area contributed by atoms with Gasteiger partial charge >= 0.3 is 5.97 Å². The first-order valence-corrected chi connectivity index (χ1v) is 8.83. The van der Waals surface area contributed by atoms with Gasteiger partial charge in [0.25, 0.3) is 0 Å². The van der Waals surface area contributed by atoms with Gasteiger partial charge in [0.2, 0.25) is 0 Å². The Hall–Kier alpha value is -2.17. The number of carbonyl (C=O) groups excluding carboxylic acids is 1. The van der Waals surface area contributed by atoms with E-state index in [1.54, 1.807) is 18.3 Å². The molecule has 0 radical (unpaired) electrons. The maximum atomic E-state index is 13.6. The normalized spacial score (nSPS) is 25.1. The van der Waals surface area contributed by atoms with E-state index in [9.17, 15) is 9.18 Å². The van der Waals surface area contributed by atoms with E-state index in [0.29, 0.717) is 24.2 Å². The van der Waals surface area contributed by atoms with E-state index in [4.69, 9.17) is 4.74 Å². The van der Waals surface area contributed by atoms with E-state index < -0.39 is 5.60 Å². The summed E-state index contributed by atoms with van der Waals surface area (Å²) < 4.78 is 19.1. The van der Waals surface area contributed by atoms with Crippen molar-refractivity contribution in [2.45, 2.75) is 32.8 Å². The van der Waals surface area contributed by atoms with Crippen molar-refractivity contribution in [3.8, 4) is 0 Å². The standard InChI is InChI=1S/C20H23FN2O2/c1-20(2,3)25-19(24)9-13-15-10-23(11-16(13)15)18-6-7-22-17-5-4-12(21)8-14(17)18/h4-8,13,15-16H,9-11H2,1-3H3. The van der Waals surface area contributed by atoms with Crippen molar-refractivity contribution in [3.05, 3.63) is 36.3 Å². The number of carbonyl (C=O) groups is 1. The van der Waals surface area contributed by atoms with Crippen LogP contribution in [0.1, 0.15) is 27.2 Å². The fourth-order valence-corrected chi connectivity index (χ4v) is 4.10. The second-order valence-corrected chi connectivity index (χ2v) is 8.18. The highest BCUT2D eigenvalue weighted by atomic mass is 19.1. The van der Waals surface area contributed by atoms with Gasteiger partial charge in [0.1, 0.15) is 11.4 Å². The SMILES string of the molecule is CC(C)(C)OC(=O)CC1C2CN(c3ccnc4ccc(F)cc34)CC12. The quantitative estimate of drug-likeness (QED) is 0.796. The van der Waals surface area contributed by atoms with Crippen molar-refractivity contribution >= 4 is 22.6 Å². The molecule has 4 nitrogen and oxygen atoms in total. The Labute approximate surface area is 147 Å². The van der Waals surface area contributed by atoms with Crippen LogP contribution in [-0.4, -0.2) is 29.6 Å². The van der Waals surface area contributed by atoms with Crippen LogP contribution in [0, 0.1) is 23.6 Å². The first-order valence-electron chi connectivity index (χ1n) is 8.83. The molecule has 2 fully saturated rings. The molecule has 1 aliphatic heterocycles. The number of ether oxygens (including phenoxy) is 1. The van der Waals surface area contributed by atoms with Crippen molar-refractivity contribution < 1.29 is 13.9 Å². The highest BCUT2D eigenvalue weighted by Crippen LogP contribution is 2.54. The number of rotatable bonds is 3. The number of aromatic nitrogens is 1. The Morgan fingerprint density at radius 3 is 2.68 bits per heavy atom. The lowest BCUT2D eigenvalue weighted by Gasteiger charge is -2.24. The third-order valence-corrected chi connectivity index (χ3v) is 5.22. The third kappa shape index (κ3) is 3.20. The average Bonchev–Trinajstić information content (AvgIpc) is 2.96. The molecule has 5 heteroatoms. The number of pyridine rings is 1. The molecule has 0 spiro atoms. The number of hydrogen-bond acceptors (Lipinski definition) is 4. The second kappa shape index (κ2) is 5.68. The molecule has 1 aliphatic carbocycles. The molecule has 1 aromatic heterocycles. The molecule has 0 amide bonds. The van der Waals surface area contributed by atoms with Gasteiger partial charge in [0.15, 0.2) is 0 Å². The molecule has 4 rings (SSSR count). The maximum Gasteiger partial charge on any atom is 0.306 e. The lowest BCUT2D eigenvalue weighted by Crippen LogP contribution is -2.27. The van der Waals surface area contributed by atoms with Crippen molar-refractivity contribution in [3.63, 3.8) is 0 Å². The molecular weight excluding hydrogens is 319 g/mol. The number of esters is 1. The summed E-state index contributed by atoms with van der Waals surface area (Å²) in [5, 5.41) is 0.854. The van der Waals surface area contributed by atoms with Crippen molar-refractivity contribution in [2.75, 3.05) is 18.0 Å². The monoisotopic (exact) mass is 342 g/mol. The number of halogens is 1. The molecule has 25 heavy (non-hydrogen) atoms. The molecule has 1 saturated heterocycles. The van der Waals surface area contributed by atoms with E-state index >= 15 is 0 Å². The summed E-state index contributed by atoms with van der Waals surface area (Å²) in [5.74, 6) is 1.15. The minimum atomic E-state index is -0.423. The summed E-state index contributed by atoms with van der Waals surface area (Å²) >= 11 is 0. The molecule has 2 atom stereocenters. The van der Waals surface area contributed by atoms with Crippen molar-refractivity contribution in [2.24, 2.45) is 17.8 Å². The predicted molar refractivity (Wildman–Crippen MR) is 94.8 cm³/mol. The van der Waals surface area contributed by atoms with E-state index in [0.717, 1.165) is 29.7 Å². The van der Waals surface area contributed by atoms with Gasteiger partial charge in [-0.3, -0.25) is 9.78 Å². The highest BCUT2D eigenvalue weighted by Gasteiger charge is 2.56. The van der Waals surface area contributed by atoms with Gasteiger partial charge in [0.05, 0.1) is 5.52 Å². The number of piperidine rings is 1. The smallest absolute Gasteiger partial charge is 0.306 e. The van der Waals surface area contributed by atoms with Crippen LogP contribution in [0.4, 0.5) is 10.1 Å². The molecule has 0 N–H and O–H groups in total. The summed E-state index contributed by atoms with van der Waals surface area (Å²) in [6.45, 7) is 7.51. The predicted octanol–water partition coefficient (Wildman–Crippen LogP) is 3.79. The molecule has 0 bridgehead atoms. The van der Waals surface area contributed by atoms with Crippen LogP contribution in [-0.2, 0) is 9.53 Å². The zero-order valence-electron chi connectivity index (χ0n) is 14.8. The van der Waals surface area contributed by atoms with Crippen LogP contribution in [0.3, 0.4) is 0 Å². The Morgan fingerprint density at radius 1 is 1.28 bits per heavy atom. The zero-order valence-corrected chi connectivity index (χ0v) is 14.8. The van der Waals surface area contributed by atoms with Crippen molar-refractivity contribution in [1.29, 1.82) is 0 Å². The molecule has 132 valence electrons. The third-order valence-electron chi connectivity index (χ3n) is 5.22. The number of benzene rings is 1. The molecule has 2 heterocycles. The molecule has 2 unspecified atom stereocenters. The van der Waals surface area contributed by atoms with Gasteiger partial charge < -0.3 is 9.64 Å². The Morgan fingerprint density at radius 2 is 2.00 bits per heavy atom. The first-order chi connectivity index (χ1) is 11.8. The molecule has 2 aromatic rings. The van der Waals surface area contributed by atoms with Crippen LogP contribution in [0.15, 0.2) is 30.5 Å². The molecule has 1 aromatic carbocycles. The number of fused-ring (bicyclic) bond motifs is 2. The van der Waals surface area contributed by atoms with E-state index in [2.05, 4.69) is 9.88 Å². The number of nitrogens with zero attached hydrogens (tertiary/aromatic N) is 2. The van der Waals surface area contributed by atoms with Gasteiger partial charge in [0, 0.05) is 36.8 Å². The van der Waals surface area contributed by atoms with Gasteiger partial charge in [-0.2, -0.15) is 0 Å². The summed E-state index contributed by atoms with van der Waals surface area (Å²) in [5.41, 5.74) is 1.42. The molecular formula is C20H23FN2O2. The Bertz CT molecular complexity index is 818. The topological polar surface area (TPSA) is 42.4 Å². The first kappa shape index (κ1) is 16.3. The summed E-state index contributed by atoms with van der Waals surface area (Å²) in [6.07, 6.45) is 2.28. The lowest BCUT2D eigenvalue weighted by atomic mass is 10.1. The average molecular weight is 342 g/mol. The van der Waals surface area contributed by atoms with Crippen LogP contribution in [0.25, 0.3) is 10.9 Å². The Balaban J connectivity index is 1.43. The summed E-state index contributed by atoms with van der Waals surface area (Å²) in [6, 6.07) is 6.67. The van der Waals surface area contributed by atoms with Gasteiger partial charge in [-0.1, -0.05) is 0 Å². The lowest BCUT2D eigenvalue weighted by molar-refractivity contribution is -0.155. The van der Waals surface area contributed by atoms with Gasteiger partial charge in [-0.15, -0.1) is 0 Å². The van der Waals surface area contributed by atoms with Gasteiger partial charge in [-0.25, -0.2) is 4.39 Å². The van der Waals surface area contributed by atoms with Crippen molar-refractivity contribution in [1.82, 2.24) is 4.98 Å². The zero-order chi connectivity index (χ0) is 17.8. The fourth-order valence-electron chi connectivity index (χ4n) is 4.10. The van der Waals surface area contributed by atoms with Crippen LogP contribution >= 0.6 is 0 Å². The summed E-state index contributed by atoms with van der Waals surface area (Å²) in [7, 11) is 0. The molecule has 1 saturated carbocycles. The van der Waals surface area contributed by atoms with Crippen LogP contribution in [0.5, 0.6) is 0 Å². The van der Waals surface area contributed by atoms with E-state index in [1.165, 1.54) is 6.07 Å². The Kier molecular flexibility index (Phi) is 3.71. The second-order valence-electron chi connectivity index (χ2n) is 8.18. The van der Waals surface area contributed by atoms with Gasteiger partial charge in [-0.05, 0) is 62.8 Å². The fraction of sp³-hybridized carbons (Fsp3) is 0.500. The summed E-state index contributed by atoms with van der Waals surface area (Å²) in [4.78, 5) is 18.6.